The zero-order chi connectivity index (χ0) is 15.3. The van der Waals surface area contributed by atoms with Crippen LogP contribution in [0.4, 0.5) is 5.69 Å². The molecule has 1 unspecified atom stereocenters. The average Bonchev–Trinajstić information content (AvgIpc) is 2.35. The first-order chi connectivity index (χ1) is 9.31. The molecule has 0 aliphatic carbocycles. The van der Waals surface area contributed by atoms with Crippen molar-refractivity contribution in [2.45, 2.75) is 26.9 Å². The molecule has 0 bridgehead atoms. The molecule has 20 heavy (non-hydrogen) atoms. The van der Waals surface area contributed by atoms with Crippen LogP contribution in [-0.4, -0.2) is 23.5 Å². The van der Waals surface area contributed by atoms with Crippen molar-refractivity contribution in [1.82, 2.24) is 5.32 Å². The number of ether oxygens (including phenoxy) is 1. The van der Waals surface area contributed by atoms with E-state index in [-0.39, 0.29) is 16.6 Å². The maximum atomic E-state index is 11.7. The van der Waals surface area contributed by atoms with Crippen LogP contribution in [0, 0.1) is 16.0 Å². The number of nitrogens with one attached hydrogen (secondary N) is 1. The molecule has 0 saturated carbocycles. The average molecular weight is 301 g/mol. The number of amides is 1. The fourth-order valence-electron chi connectivity index (χ4n) is 1.42. The van der Waals surface area contributed by atoms with Gasteiger partial charge in [0.15, 0.2) is 6.10 Å². The summed E-state index contributed by atoms with van der Waals surface area (Å²) in [6.45, 7) is 6.14. The Labute approximate surface area is 122 Å². The molecule has 1 aromatic carbocycles. The summed E-state index contributed by atoms with van der Waals surface area (Å²) in [6.07, 6.45) is -0.703. The first-order valence-corrected chi connectivity index (χ1v) is 6.57. The van der Waals surface area contributed by atoms with E-state index in [1.165, 1.54) is 18.2 Å². The van der Waals surface area contributed by atoms with Gasteiger partial charge in [-0.15, -0.1) is 0 Å². The molecule has 1 atom stereocenters. The van der Waals surface area contributed by atoms with Crippen LogP contribution >= 0.6 is 11.6 Å². The van der Waals surface area contributed by atoms with Crippen LogP contribution in [0.15, 0.2) is 18.2 Å². The van der Waals surface area contributed by atoms with Crippen LogP contribution in [0.25, 0.3) is 0 Å². The highest BCUT2D eigenvalue weighted by molar-refractivity contribution is 6.32. The second-order valence-corrected chi connectivity index (χ2v) is 5.18. The number of rotatable bonds is 6. The highest BCUT2D eigenvalue weighted by Gasteiger charge is 2.17. The van der Waals surface area contributed by atoms with Crippen LogP contribution < -0.4 is 10.1 Å². The summed E-state index contributed by atoms with van der Waals surface area (Å²) in [5.41, 5.74) is -0.198. The van der Waals surface area contributed by atoms with Crippen molar-refractivity contribution in [2.75, 3.05) is 6.54 Å². The summed E-state index contributed by atoms with van der Waals surface area (Å²) < 4.78 is 5.40. The SMILES string of the molecule is CC(C)CNC(=O)C(C)Oc1ccc([N+](=O)[O-])c(Cl)c1. The monoisotopic (exact) mass is 300 g/mol. The summed E-state index contributed by atoms with van der Waals surface area (Å²) in [7, 11) is 0. The Bertz CT molecular complexity index is 505. The number of carbonyl (C=O) groups is 1. The molecule has 110 valence electrons. The topological polar surface area (TPSA) is 81.5 Å². The molecule has 1 rings (SSSR count). The van der Waals surface area contributed by atoms with Crippen LogP contribution in [0.1, 0.15) is 20.8 Å². The quantitative estimate of drug-likeness (QED) is 0.647. The van der Waals surface area contributed by atoms with E-state index >= 15 is 0 Å². The van der Waals surface area contributed by atoms with Crippen molar-refractivity contribution in [3.05, 3.63) is 33.3 Å². The summed E-state index contributed by atoms with van der Waals surface area (Å²) in [4.78, 5) is 21.8. The van der Waals surface area contributed by atoms with Crippen molar-refractivity contribution < 1.29 is 14.5 Å². The molecular formula is C13H17ClN2O4. The van der Waals surface area contributed by atoms with Crippen molar-refractivity contribution in [1.29, 1.82) is 0 Å². The molecule has 1 aromatic rings. The highest BCUT2D eigenvalue weighted by Crippen LogP contribution is 2.28. The van der Waals surface area contributed by atoms with Crippen molar-refractivity contribution in [3.8, 4) is 5.75 Å². The molecule has 0 aromatic heterocycles. The molecule has 0 fully saturated rings. The lowest BCUT2D eigenvalue weighted by Gasteiger charge is -2.15. The molecular weight excluding hydrogens is 284 g/mol. The molecule has 0 radical (unpaired) electrons. The molecule has 7 heteroatoms. The summed E-state index contributed by atoms with van der Waals surface area (Å²) in [5, 5.41) is 13.3. The van der Waals surface area contributed by atoms with Gasteiger partial charge in [0, 0.05) is 18.7 Å². The molecule has 0 spiro atoms. The van der Waals surface area contributed by atoms with Gasteiger partial charge >= 0.3 is 0 Å². The number of nitro benzene ring substituents is 1. The number of hydrogen-bond acceptors (Lipinski definition) is 4. The van der Waals surface area contributed by atoms with E-state index < -0.39 is 11.0 Å². The molecule has 6 nitrogen and oxygen atoms in total. The van der Waals surface area contributed by atoms with Crippen LogP contribution in [0.5, 0.6) is 5.75 Å². The van der Waals surface area contributed by atoms with Crippen molar-refractivity contribution >= 4 is 23.2 Å². The molecule has 0 aliphatic heterocycles. The lowest BCUT2D eigenvalue weighted by atomic mass is 10.2. The van der Waals surface area contributed by atoms with E-state index in [0.29, 0.717) is 18.2 Å². The Balaban J connectivity index is 2.66. The van der Waals surface area contributed by atoms with E-state index in [1.807, 2.05) is 13.8 Å². The van der Waals surface area contributed by atoms with Gasteiger partial charge in [-0.3, -0.25) is 14.9 Å². The standard InChI is InChI=1S/C13H17ClN2O4/c1-8(2)7-15-13(17)9(3)20-10-4-5-12(16(18)19)11(14)6-10/h4-6,8-9H,7H2,1-3H3,(H,15,17). The van der Waals surface area contributed by atoms with Gasteiger partial charge in [-0.2, -0.15) is 0 Å². The third-order valence-corrected chi connectivity index (χ3v) is 2.79. The maximum absolute atomic E-state index is 11.7. The Morgan fingerprint density at radius 3 is 2.60 bits per heavy atom. The zero-order valence-corrected chi connectivity index (χ0v) is 12.3. The maximum Gasteiger partial charge on any atom is 0.288 e. The summed E-state index contributed by atoms with van der Waals surface area (Å²) >= 11 is 5.77. The second-order valence-electron chi connectivity index (χ2n) is 4.77. The van der Waals surface area contributed by atoms with Gasteiger partial charge in [0.25, 0.3) is 11.6 Å². The second kappa shape index (κ2) is 7.09. The number of nitro groups is 1. The van der Waals surface area contributed by atoms with Gasteiger partial charge in [0.05, 0.1) is 4.92 Å². The molecule has 1 amide bonds. The number of benzene rings is 1. The number of carbonyl (C=O) groups excluding carboxylic acids is 1. The predicted octanol–water partition coefficient (Wildman–Crippen LogP) is 2.79. The molecule has 0 aliphatic rings. The Morgan fingerprint density at radius 2 is 2.10 bits per heavy atom. The van der Waals surface area contributed by atoms with Gasteiger partial charge in [0.2, 0.25) is 0 Å². The molecule has 0 saturated heterocycles. The third kappa shape index (κ3) is 4.70. The highest BCUT2D eigenvalue weighted by atomic mass is 35.5. The minimum Gasteiger partial charge on any atom is -0.481 e. The van der Waals surface area contributed by atoms with Crippen LogP contribution in [0.2, 0.25) is 5.02 Å². The summed E-state index contributed by atoms with van der Waals surface area (Å²) in [5.74, 6) is 0.418. The van der Waals surface area contributed by atoms with E-state index in [1.54, 1.807) is 6.92 Å². The van der Waals surface area contributed by atoms with E-state index in [9.17, 15) is 14.9 Å². The van der Waals surface area contributed by atoms with Gasteiger partial charge in [0.1, 0.15) is 10.8 Å². The third-order valence-electron chi connectivity index (χ3n) is 2.48. The van der Waals surface area contributed by atoms with Crippen LogP contribution in [-0.2, 0) is 4.79 Å². The smallest absolute Gasteiger partial charge is 0.288 e. The number of hydrogen-bond donors (Lipinski definition) is 1. The number of halogens is 1. The van der Waals surface area contributed by atoms with Gasteiger partial charge < -0.3 is 10.1 Å². The normalized spacial score (nSPS) is 12.1. The largest absolute Gasteiger partial charge is 0.481 e. The fourth-order valence-corrected chi connectivity index (χ4v) is 1.65. The van der Waals surface area contributed by atoms with Crippen molar-refractivity contribution in [3.63, 3.8) is 0 Å². The minimum atomic E-state index is -0.703. The summed E-state index contributed by atoms with van der Waals surface area (Å²) in [6, 6.07) is 3.98. The van der Waals surface area contributed by atoms with E-state index in [2.05, 4.69) is 5.32 Å². The van der Waals surface area contributed by atoms with Gasteiger partial charge in [-0.05, 0) is 18.9 Å². The van der Waals surface area contributed by atoms with E-state index in [0.717, 1.165) is 0 Å². The number of nitrogens with zero attached hydrogens (tertiary/aromatic N) is 1. The Kier molecular flexibility index (Phi) is 5.76. The fraction of sp³-hybridized carbons (Fsp3) is 0.462. The van der Waals surface area contributed by atoms with Gasteiger partial charge in [-0.25, -0.2) is 0 Å². The zero-order valence-electron chi connectivity index (χ0n) is 11.6. The lowest BCUT2D eigenvalue weighted by Crippen LogP contribution is -2.38. The first-order valence-electron chi connectivity index (χ1n) is 6.19. The molecule has 1 N–H and O–H groups in total. The van der Waals surface area contributed by atoms with Gasteiger partial charge in [-0.1, -0.05) is 25.4 Å². The van der Waals surface area contributed by atoms with Crippen molar-refractivity contribution in [2.24, 2.45) is 5.92 Å². The minimum absolute atomic E-state index is 0.0257. The molecule has 0 heterocycles. The lowest BCUT2D eigenvalue weighted by molar-refractivity contribution is -0.384. The predicted molar refractivity (Wildman–Crippen MR) is 76.0 cm³/mol. The van der Waals surface area contributed by atoms with Crippen LogP contribution in [0.3, 0.4) is 0 Å². The van der Waals surface area contributed by atoms with E-state index in [4.69, 9.17) is 16.3 Å². The Morgan fingerprint density at radius 1 is 1.45 bits per heavy atom. The first kappa shape index (κ1) is 16.2. The Hall–Kier alpha value is -1.82.